The average Bonchev–Trinajstić information content (AvgIpc) is 3.35. The van der Waals surface area contributed by atoms with Crippen molar-refractivity contribution < 1.29 is 9.32 Å². The van der Waals surface area contributed by atoms with Crippen LogP contribution in [0.5, 0.6) is 0 Å². The molecule has 0 aliphatic carbocycles. The van der Waals surface area contributed by atoms with E-state index in [1.54, 1.807) is 35.9 Å². The molecular weight excluding hydrogens is 454 g/mol. The molecule has 5 rings (SSSR count). The van der Waals surface area contributed by atoms with Crippen LogP contribution in [0.4, 0.5) is 11.4 Å². The van der Waals surface area contributed by atoms with Gasteiger partial charge in [-0.3, -0.25) is 14.2 Å². The summed E-state index contributed by atoms with van der Waals surface area (Å²) in [7, 11) is 0. The van der Waals surface area contributed by atoms with Crippen molar-refractivity contribution in [2.75, 3.05) is 10.6 Å². The third kappa shape index (κ3) is 5.07. The molecule has 8 nitrogen and oxygen atoms in total. The minimum Gasteiger partial charge on any atom is -0.370 e. The van der Waals surface area contributed by atoms with E-state index in [-0.39, 0.29) is 11.5 Å². The Kier molecular flexibility index (Phi) is 6.40. The summed E-state index contributed by atoms with van der Waals surface area (Å²) in [5, 5.41) is 10.3. The molecule has 8 heteroatoms. The van der Waals surface area contributed by atoms with Crippen molar-refractivity contribution in [1.82, 2.24) is 14.7 Å². The van der Waals surface area contributed by atoms with E-state index in [1.807, 2.05) is 72.8 Å². The number of pyridine rings is 1. The summed E-state index contributed by atoms with van der Waals surface area (Å²) in [4.78, 5) is 29.8. The van der Waals surface area contributed by atoms with Gasteiger partial charge in [0.1, 0.15) is 6.04 Å². The minimum absolute atomic E-state index is 0.113. The van der Waals surface area contributed by atoms with Crippen LogP contribution in [0.3, 0.4) is 0 Å². The fourth-order valence-corrected chi connectivity index (χ4v) is 3.84. The predicted octanol–water partition coefficient (Wildman–Crippen LogP) is 4.99. The summed E-state index contributed by atoms with van der Waals surface area (Å²) in [6.45, 7) is 1.73. The number of nitrogens with zero attached hydrogens (tertiary/aromatic N) is 3. The van der Waals surface area contributed by atoms with Crippen LogP contribution in [0.25, 0.3) is 17.1 Å². The molecule has 0 fully saturated rings. The van der Waals surface area contributed by atoms with Crippen molar-refractivity contribution in [2.24, 2.45) is 0 Å². The highest BCUT2D eigenvalue weighted by molar-refractivity contribution is 5.97. The van der Waals surface area contributed by atoms with Gasteiger partial charge in [0.2, 0.25) is 11.7 Å². The summed E-state index contributed by atoms with van der Waals surface area (Å²) >= 11 is 0. The van der Waals surface area contributed by atoms with Gasteiger partial charge in [0.15, 0.2) is 0 Å². The average molecular weight is 478 g/mol. The molecule has 178 valence electrons. The number of hydrogen-bond donors (Lipinski definition) is 2. The number of rotatable bonds is 7. The quantitative estimate of drug-likeness (QED) is 0.343. The Morgan fingerprint density at radius 1 is 0.889 bits per heavy atom. The maximum atomic E-state index is 13.4. The van der Waals surface area contributed by atoms with E-state index in [9.17, 15) is 9.59 Å². The molecule has 36 heavy (non-hydrogen) atoms. The predicted molar refractivity (Wildman–Crippen MR) is 138 cm³/mol. The molecule has 0 radical (unpaired) electrons. The third-order valence-corrected chi connectivity index (χ3v) is 5.59. The standard InChI is InChI=1S/C28H23N5O3/c1-19-29-27(32-36-19)21-10-7-11-23(18-21)31-28(35)26(20-8-3-2-4-9-20)30-22-13-15-24(16-14-22)33-17-6-5-12-25(33)34/h2-18,26,30H,1H3,(H,31,35). The fourth-order valence-electron chi connectivity index (χ4n) is 3.84. The second-order valence-electron chi connectivity index (χ2n) is 8.15. The van der Waals surface area contributed by atoms with E-state index in [1.165, 1.54) is 6.07 Å². The van der Waals surface area contributed by atoms with E-state index >= 15 is 0 Å². The summed E-state index contributed by atoms with van der Waals surface area (Å²) in [5.74, 6) is 0.695. The van der Waals surface area contributed by atoms with Gasteiger partial charge in [0.25, 0.3) is 11.5 Å². The van der Waals surface area contributed by atoms with Gasteiger partial charge in [-0.1, -0.05) is 53.7 Å². The Bertz CT molecular complexity index is 1540. The second-order valence-corrected chi connectivity index (χ2v) is 8.15. The van der Waals surface area contributed by atoms with Crippen molar-refractivity contribution in [3.05, 3.63) is 125 Å². The van der Waals surface area contributed by atoms with Gasteiger partial charge in [-0.15, -0.1) is 0 Å². The molecule has 0 aliphatic rings. The number of benzene rings is 3. The zero-order valence-electron chi connectivity index (χ0n) is 19.5. The molecule has 0 saturated carbocycles. The van der Waals surface area contributed by atoms with Crippen LogP contribution < -0.4 is 16.2 Å². The largest absolute Gasteiger partial charge is 0.370 e. The highest BCUT2D eigenvalue weighted by Crippen LogP contribution is 2.24. The maximum absolute atomic E-state index is 13.4. The Hall–Kier alpha value is -4.98. The number of anilines is 2. The van der Waals surface area contributed by atoms with E-state index in [0.717, 1.165) is 22.5 Å². The molecule has 5 aromatic rings. The van der Waals surface area contributed by atoms with Gasteiger partial charge in [-0.05, 0) is 48.0 Å². The van der Waals surface area contributed by atoms with E-state index in [0.29, 0.717) is 17.4 Å². The number of hydrogen-bond acceptors (Lipinski definition) is 6. The molecule has 2 heterocycles. The molecule has 0 aliphatic heterocycles. The van der Waals surface area contributed by atoms with Gasteiger partial charge in [-0.25, -0.2) is 0 Å². The normalized spacial score (nSPS) is 11.6. The minimum atomic E-state index is -0.660. The van der Waals surface area contributed by atoms with Crippen LogP contribution in [0.2, 0.25) is 0 Å². The Morgan fingerprint density at radius 2 is 1.67 bits per heavy atom. The first kappa shape index (κ1) is 22.8. The molecule has 1 unspecified atom stereocenters. The van der Waals surface area contributed by atoms with Crippen LogP contribution >= 0.6 is 0 Å². The SMILES string of the molecule is Cc1nc(-c2cccc(NC(=O)C(Nc3ccc(-n4ccccc4=O)cc3)c3ccccc3)c2)no1. The summed E-state index contributed by atoms with van der Waals surface area (Å²) in [6.07, 6.45) is 1.72. The van der Waals surface area contributed by atoms with Crippen molar-refractivity contribution in [3.63, 3.8) is 0 Å². The van der Waals surface area contributed by atoms with Crippen LogP contribution in [-0.4, -0.2) is 20.6 Å². The number of aromatic nitrogens is 3. The van der Waals surface area contributed by atoms with Crippen LogP contribution in [-0.2, 0) is 4.79 Å². The third-order valence-electron chi connectivity index (χ3n) is 5.59. The summed E-state index contributed by atoms with van der Waals surface area (Å²) in [5.41, 5.74) is 3.52. The van der Waals surface area contributed by atoms with E-state index in [2.05, 4.69) is 20.8 Å². The Balaban J connectivity index is 1.38. The number of nitrogens with one attached hydrogen (secondary N) is 2. The zero-order chi connectivity index (χ0) is 24.9. The molecule has 2 N–H and O–H groups in total. The van der Waals surface area contributed by atoms with E-state index < -0.39 is 6.04 Å². The first-order chi connectivity index (χ1) is 17.6. The lowest BCUT2D eigenvalue weighted by atomic mass is 10.1. The van der Waals surface area contributed by atoms with Crippen molar-refractivity contribution in [3.8, 4) is 17.1 Å². The van der Waals surface area contributed by atoms with Crippen LogP contribution in [0, 0.1) is 6.92 Å². The Morgan fingerprint density at radius 3 is 2.39 bits per heavy atom. The molecule has 0 saturated heterocycles. The number of amides is 1. The van der Waals surface area contributed by atoms with Gasteiger partial charge < -0.3 is 15.2 Å². The van der Waals surface area contributed by atoms with Gasteiger partial charge >= 0.3 is 0 Å². The zero-order valence-corrected chi connectivity index (χ0v) is 19.5. The second kappa shape index (κ2) is 10.1. The highest BCUT2D eigenvalue weighted by atomic mass is 16.5. The molecule has 3 aromatic carbocycles. The summed E-state index contributed by atoms with van der Waals surface area (Å²) in [6, 6.07) is 28.5. The number of aryl methyl sites for hydroxylation is 1. The molecule has 2 aromatic heterocycles. The van der Waals surface area contributed by atoms with Crippen LogP contribution in [0.1, 0.15) is 17.5 Å². The number of carbonyl (C=O) groups is 1. The first-order valence-electron chi connectivity index (χ1n) is 11.4. The number of carbonyl (C=O) groups excluding carboxylic acids is 1. The van der Waals surface area contributed by atoms with Gasteiger partial charge in [0.05, 0.1) is 0 Å². The lowest BCUT2D eigenvalue weighted by molar-refractivity contribution is -0.117. The van der Waals surface area contributed by atoms with Crippen LogP contribution in [0.15, 0.2) is 113 Å². The molecular formula is C28H23N5O3. The maximum Gasteiger partial charge on any atom is 0.255 e. The smallest absolute Gasteiger partial charge is 0.255 e. The molecule has 0 spiro atoms. The van der Waals surface area contributed by atoms with Crippen molar-refractivity contribution in [1.29, 1.82) is 0 Å². The van der Waals surface area contributed by atoms with E-state index in [4.69, 9.17) is 4.52 Å². The lowest BCUT2D eigenvalue weighted by Crippen LogP contribution is -2.27. The highest BCUT2D eigenvalue weighted by Gasteiger charge is 2.21. The van der Waals surface area contributed by atoms with Gasteiger partial charge in [0, 0.05) is 41.8 Å². The molecule has 0 bridgehead atoms. The first-order valence-corrected chi connectivity index (χ1v) is 11.4. The Labute approximate surface area is 207 Å². The lowest BCUT2D eigenvalue weighted by Gasteiger charge is -2.20. The fraction of sp³-hybridized carbons (Fsp3) is 0.0714. The topological polar surface area (TPSA) is 102 Å². The van der Waals surface area contributed by atoms with Crippen molar-refractivity contribution >= 4 is 17.3 Å². The monoisotopic (exact) mass is 477 g/mol. The molecule has 1 atom stereocenters. The van der Waals surface area contributed by atoms with Gasteiger partial charge in [-0.2, -0.15) is 4.98 Å². The molecule has 1 amide bonds. The van der Waals surface area contributed by atoms with Crippen molar-refractivity contribution in [2.45, 2.75) is 13.0 Å². The summed E-state index contributed by atoms with van der Waals surface area (Å²) < 4.78 is 6.63.